The Morgan fingerprint density at radius 1 is 1.41 bits per heavy atom. The van der Waals surface area contributed by atoms with E-state index in [4.69, 9.17) is 15.0 Å². The number of carbonyl (C=O) groups excluding carboxylic acids is 1. The summed E-state index contributed by atoms with van der Waals surface area (Å²) >= 11 is 0. The Morgan fingerprint density at radius 3 is 2.82 bits per heavy atom. The average molecular weight is 301 g/mol. The summed E-state index contributed by atoms with van der Waals surface area (Å²) in [6, 6.07) is 7.42. The number of aromatic nitrogens is 1. The number of amides is 1. The first kappa shape index (κ1) is 14.4. The molecule has 0 unspecified atom stereocenters. The molecule has 0 bridgehead atoms. The summed E-state index contributed by atoms with van der Waals surface area (Å²) in [4.78, 5) is 14.0. The van der Waals surface area contributed by atoms with Crippen LogP contribution in [0.4, 0.5) is 16.3 Å². The zero-order chi connectivity index (χ0) is 15.9. The molecule has 116 valence electrons. The minimum absolute atomic E-state index is 0.333. The second kappa shape index (κ2) is 5.05. The third-order valence-electron chi connectivity index (χ3n) is 3.44. The number of ether oxygens (including phenoxy) is 1. The van der Waals surface area contributed by atoms with Gasteiger partial charge in [-0.2, -0.15) is 0 Å². The molecule has 0 aliphatic carbocycles. The Morgan fingerprint density at radius 2 is 2.18 bits per heavy atom. The number of carbonyl (C=O) groups is 1. The maximum Gasteiger partial charge on any atom is 0.414 e. The molecule has 2 heterocycles. The van der Waals surface area contributed by atoms with Crippen molar-refractivity contribution in [1.82, 2.24) is 5.16 Å². The van der Waals surface area contributed by atoms with Gasteiger partial charge in [0.05, 0.1) is 5.69 Å². The third-order valence-corrected chi connectivity index (χ3v) is 3.44. The van der Waals surface area contributed by atoms with Gasteiger partial charge in [0.15, 0.2) is 11.6 Å². The number of fused-ring (bicyclic) bond motifs is 1. The van der Waals surface area contributed by atoms with Crippen LogP contribution in [0, 0.1) is 0 Å². The Hall–Kier alpha value is -2.50. The van der Waals surface area contributed by atoms with Gasteiger partial charge in [0.25, 0.3) is 0 Å². The van der Waals surface area contributed by atoms with Crippen molar-refractivity contribution < 1.29 is 14.1 Å². The largest absolute Gasteiger partial charge is 0.443 e. The number of nitrogens with two attached hydrogens (primary N) is 1. The molecular weight excluding hydrogens is 282 g/mol. The molecule has 0 fully saturated rings. The Labute approximate surface area is 128 Å². The van der Waals surface area contributed by atoms with Crippen molar-refractivity contribution in [2.75, 3.05) is 17.2 Å². The highest BCUT2D eigenvalue weighted by molar-refractivity contribution is 5.92. The molecule has 1 aromatic heterocycles. The van der Waals surface area contributed by atoms with E-state index in [2.05, 4.69) is 5.16 Å². The smallest absolute Gasteiger partial charge is 0.414 e. The van der Waals surface area contributed by atoms with Crippen LogP contribution in [0.15, 0.2) is 28.8 Å². The van der Waals surface area contributed by atoms with Gasteiger partial charge in [-0.15, -0.1) is 0 Å². The highest BCUT2D eigenvalue weighted by Crippen LogP contribution is 2.37. The molecule has 3 rings (SSSR count). The predicted molar refractivity (Wildman–Crippen MR) is 83.6 cm³/mol. The SMILES string of the molecule is CC(C)(C)OC(=O)N1CCc2c(-c3cc(N)no3)cccc21. The first-order valence-corrected chi connectivity index (χ1v) is 7.20. The molecule has 1 aromatic carbocycles. The van der Waals surface area contributed by atoms with Gasteiger partial charge in [-0.1, -0.05) is 17.3 Å². The fraction of sp³-hybridized carbons (Fsp3) is 0.375. The fourth-order valence-corrected chi connectivity index (χ4v) is 2.59. The zero-order valence-corrected chi connectivity index (χ0v) is 12.9. The molecule has 0 saturated carbocycles. The van der Waals surface area contributed by atoms with Crippen LogP contribution < -0.4 is 10.6 Å². The van der Waals surface area contributed by atoms with Gasteiger partial charge in [-0.3, -0.25) is 4.90 Å². The Bertz CT molecular complexity index is 716. The monoisotopic (exact) mass is 301 g/mol. The summed E-state index contributed by atoms with van der Waals surface area (Å²) < 4.78 is 10.7. The highest BCUT2D eigenvalue weighted by atomic mass is 16.6. The van der Waals surface area contributed by atoms with Crippen LogP contribution in [0.25, 0.3) is 11.3 Å². The normalized spacial score (nSPS) is 14.0. The molecule has 2 aromatic rings. The van der Waals surface area contributed by atoms with E-state index in [-0.39, 0.29) is 6.09 Å². The number of hydrogen-bond donors (Lipinski definition) is 1. The first-order valence-electron chi connectivity index (χ1n) is 7.20. The second-order valence-corrected chi connectivity index (χ2v) is 6.30. The Balaban J connectivity index is 1.94. The van der Waals surface area contributed by atoms with Gasteiger partial charge < -0.3 is 15.0 Å². The lowest BCUT2D eigenvalue weighted by Crippen LogP contribution is -2.35. The van der Waals surface area contributed by atoms with Gasteiger partial charge in [-0.05, 0) is 38.8 Å². The minimum atomic E-state index is -0.517. The van der Waals surface area contributed by atoms with Crippen molar-refractivity contribution in [3.05, 3.63) is 29.8 Å². The van der Waals surface area contributed by atoms with E-state index in [9.17, 15) is 4.79 Å². The van der Waals surface area contributed by atoms with Gasteiger partial charge in [0.1, 0.15) is 5.60 Å². The van der Waals surface area contributed by atoms with Gasteiger partial charge in [0.2, 0.25) is 0 Å². The molecule has 2 N–H and O–H groups in total. The third kappa shape index (κ3) is 2.64. The summed E-state index contributed by atoms with van der Waals surface area (Å²) in [5.41, 5.74) is 7.90. The standard InChI is InChI=1S/C16H19N3O3/c1-16(2,3)21-15(20)19-8-7-10-11(5-4-6-12(10)19)13-9-14(17)18-22-13/h4-6,9H,7-8H2,1-3H3,(H2,17,18). The fourth-order valence-electron chi connectivity index (χ4n) is 2.59. The zero-order valence-electron chi connectivity index (χ0n) is 12.9. The lowest BCUT2D eigenvalue weighted by molar-refractivity contribution is 0.0584. The van der Waals surface area contributed by atoms with Crippen LogP contribution in [0.3, 0.4) is 0 Å². The van der Waals surface area contributed by atoms with Crippen molar-refractivity contribution >= 4 is 17.6 Å². The minimum Gasteiger partial charge on any atom is -0.443 e. The van der Waals surface area contributed by atoms with Gasteiger partial charge in [-0.25, -0.2) is 4.79 Å². The molecule has 1 amide bonds. The van der Waals surface area contributed by atoms with Gasteiger partial charge >= 0.3 is 6.09 Å². The van der Waals surface area contributed by atoms with Crippen molar-refractivity contribution in [2.24, 2.45) is 0 Å². The quantitative estimate of drug-likeness (QED) is 0.874. The number of anilines is 2. The average Bonchev–Trinajstić information content (AvgIpc) is 3.02. The molecule has 0 spiro atoms. The molecule has 0 saturated heterocycles. The molecule has 22 heavy (non-hydrogen) atoms. The van der Waals surface area contributed by atoms with Crippen molar-refractivity contribution in [2.45, 2.75) is 32.8 Å². The van der Waals surface area contributed by atoms with Crippen LogP contribution in [0.1, 0.15) is 26.3 Å². The van der Waals surface area contributed by atoms with Crippen molar-refractivity contribution in [1.29, 1.82) is 0 Å². The Kier molecular flexibility index (Phi) is 3.31. The van der Waals surface area contributed by atoms with E-state index in [1.807, 2.05) is 39.0 Å². The molecule has 1 aliphatic heterocycles. The number of rotatable bonds is 1. The molecule has 0 atom stereocenters. The number of nitrogen functional groups attached to an aromatic ring is 1. The van der Waals surface area contributed by atoms with E-state index in [1.165, 1.54) is 0 Å². The predicted octanol–water partition coefficient (Wildman–Crippen LogP) is 3.22. The van der Waals surface area contributed by atoms with Crippen LogP contribution in [0.5, 0.6) is 0 Å². The number of benzene rings is 1. The van der Waals surface area contributed by atoms with Crippen LogP contribution >= 0.6 is 0 Å². The van der Waals surface area contributed by atoms with Crippen molar-refractivity contribution in [3.63, 3.8) is 0 Å². The molecule has 6 nitrogen and oxygen atoms in total. The summed E-state index contributed by atoms with van der Waals surface area (Å²) in [5, 5.41) is 3.72. The molecule has 6 heteroatoms. The van der Waals surface area contributed by atoms with E-state index in [1.54, 1.807) is 11.0 Å². The topological polar surface area (TPSA) is 81.6 Å². The van der Waals surface area contributed by atoms with Crippen LogP contribution in [-0.4, -0.2) is 23.4 Å². The molecule has 0 radical (unpaired) electrons. The summed E-state index contributed by atoms with van der Waals surface area (Å²) in [5.74, 6) is 0.954. The molecule has 1 aliphatic rings. The first-order chi connectivity index (χ1) is 10.3. The van der Waals surface area contributed by atoms with E-state index < -0.39 is 5.60 Å². The summed E-state index contributed by atoms with van der Waals surface area (Å²) in [6.07, 6.45) is 0.409. The number of nitrogens with zero attached hydrogens (tertiary/aromatic N) is 2. The maximum atomic E-state index is 12.3. The van der Waals surface area contributed by atoms with Crippen LogP contribution in [-0.2, 0) is 11.2 Å². The van der Waals surface area contributed by atoms with Crippen molar-refractivity contribution in [3.8, 4) is 11.3 Å². The molecular formula is C16H19N3O3. The lowest BCUT2D eigenvalue weighted by atomic mass is 10.0. The highest BCUT2D eigenvalue weighted by Gasteiger charge is 2.30. The van der Waals surface area contributed by atoms with Gasteiger partial charge in [0, 0.05) is 18.2 Å². The lowest BCUT2D eigenvalue weighted by Gasteiger charge is -2.24. The van der Waals surface area contributed by atoms with Crippen LogP contribution in [0.2, 0.25) is 0 Å². The number of hydrogen-bond acceptors (Lipinski definition) is 5. The summed E-state index contributed by atoms with van der Waals surface area (Å²) in [6.45, 7) is 6.16. The summed E-state index contributed by atoms with van der Waals surface area (Å²) in [7, 11) is 0. The second-order valence-electron chi connectivity index (χ2n) is 6.30. The maximum absolute atomic E-state index is 12.3. The van der Waals surface area contributed by atoms with E-state index >= 15 is 0 Å². The van der Waals surface area contributed by atoms with E-state index in [0.29, 0.717) is 18.1 Å². The van der Waals surface area contributed by atoms with E-state index in [0.717, 1.165) is 23.2 Å².